The van der Waals surface area contributed by atoms with Gasteiger partial charge >= 0.3 is 5.97 Å². The van der Waals surface area contributed by atoms with Gasteiger partial charge in [0.05, 0.1) is 29.7 Å². The quantitative estimate of drug-likeness (QED) is 0.427. The Kier molecular flexibility index (Phi) is 4.62. The molecule has 1 heterocycles. The van der Waals surface area contributed by atoms with Crippen molar-refractivity contribution in [2.24, 2.45) is 23.7 Å². The van der Waals surface area contributed by atoms with E-state index in [0.717, 1.165) is 11.1 Å². The van der Waals surface area contributed by atoms with Crippen LogP contribution in [0.5, 0.6) is 0 Å². The average molecular weight is 413 g/mol. The molecule has 2 aliphatic carbocycles. The van der Waals surface area contributed by atoms with Crippen LogP contribution in [0, 0.1) is 23.7 Å². The van der Waals surface area contributed by atoms with Gasteiger partial charge in [-0.15, -0.1) is 0 Å². The highest BCUT2D eigenvalue weighted by Gasteiger charge is 2.62. The Morgan fingerprint density at radius 1 is 0.903 bits per heavy atom. The molecule has 5 heteroatoms. The van der Waals surface area contributed by atoms with E-state index in [1.165, 1.54) is 10.5 Å². The van der Waals surface area contributed by atoms with Crippen molar-refractivity contribution in [1.82, 2.24) is 0 Å². The highest BCUT2D eigenvalue weighted by molar-refractivity contribution is 6.23. The fourth-order valence-corrected chi connectivity index (χ4v) is 5.36. The Balaban J connectivity index is 1.50. The number of hydrogen-bond donors (Lipinski definition) is 0. The number of hydrogen-bond acceptors (Lipinski definition) is 4. The highest BCUT2D eigenvalue weighted by atomic mass is 16.5. The van der Waals surface area contributed by atoms with E-state index >= 15 is 0 Å². The maximum Gasteiger partial charge on any atom is 0.338 e. The zero-order valence-electron chi connectivity index (χ0n) is 17.4. The number of allylic oxidation sites excluding steroid dienone is 4. The largest absolute Gasteiger partial charge is 0.462 e. The molecule has 2 aromatic carbocycles. The lowest BCUT2D eigenvalue weighted by molar-refractivity contribution is -0.122. The zero-order valence-corrected chi connectivity index (χ0v) is 17.4. The van der Waals surface area contributed by atoms with Crippen LogP contribution in [0.3, 0.4) is 0 Å². The van der Waals surface area contributed by atoms with Crippen LogP contribution in [0.2, 0.25) is 0 Å². The fourth-order valence-electron chi connectivity index (χ4n) is 5.36. The summed E-state index contributed by atoms with van der Waals surface area (Å²) in [6.45, 7) is 4.08. The monoisotopic (exact) mass is 413 g/mol. The fraction of sp³-hybridized carbons (Fsp3) is 0.269. The second-order valence-corrected chi connectivity index (χ2v) is 8.22. The molecule has 2 amide bonds. The van der Waals surface area contributed by atoms with E-state index in [-0.39, 0.29) is 42.1 Å². The molecule has 0 N–H and O–H groups in total. The molecule has 0 aromatic heterocycles. The first-order valence-corrected chi connectivity index (χ1v) is 10.6. The standard InChI is InChI=1S/C26H23NO4/c1-3-31-26(30)17-10-7-11-18(14-17)27-24(28)22-19-12-13-20(23(22)25(27)29)21(19)15(2)16-8-5-4-6-9-16/h4-14,19-20,22-23H,3H2,1-2H3/t19-,20-,22+,23+/m0/s1. The lowest BCUT2D eigenvalue weighted by atomic mass is 9.85. The van der Waals surface area contributed by atoms with Crippen LogP contribution in [0.4, 0.5) is 5.69 Å². The van der Waals surface area contributed by atoms with E-state index < -0.39 is 5.97 Å². The Bertz CT molecular complexity index is 1110. The van der Waals surface area contributed by atoms with Crippen LogP contribution in [-0.4, -0.2) is 24.4 Å². The summed E-state index contributed by atoms with van der Waals surface area (Å²) in [5.41, 5.74) is 4.21. The molecule has 4 atom stereocenters. The molecular weight excluding hydrogens is 390 g/mol. The lowest BCUT2D eigenvalue weighted by Crippen LogP contribution is -2.33. The van der Waals surface area contributed by atoms with E-state index in [0.29, 0.717) is 11.3 Å². The molecule has 2 aromatic rings. The molecule has 1 aliphatic heterocycles. The van der Waals surface area contributed by atoms with Gasteiger partial charge in [0.15, 0.2) is 0 Å². The molecule has 5 nitrogen and oxygen atoms in total. The maximum atomic E-state index is 13.4. The molecule has 3 aliphatic rings. The summed E-state index contributed by atoms with van der Waals surface area (Å²) in [4.78, 5) is 40.2. The van der Waals surface area contributed by atoms with Crippen LogP contribution >= 0.6 is 0 Å². The molecule has 0 spiro atoms. The summed E-state index contributed by atoms with van der Waals surface area (Å²) in [5.74, 6) is -1.74. The predicted molar refractivity (Wildman–Crippen MR) is 117 cm³/mol. The van der Waals surface area contributed by atoms with Crippen molar-refractivity contribution >= 4 is 29.0 Å². The molecule has 156 valence electrons. The van der Waals surface area contributed by atoms with Crippen LogP contribution in [-0.2, 0) is 14.3 Å². The van der Waals surface area contributed by atoms with Crippen molar-refractivity contribution in [2.45, 2.75) is 13.8 Å². The van der Waals surface area contributed by atoms with Gasteiger partial charge in [-0.1, -0.05) is 54.1 Å². The summed E-state index contributed by atoms with van der Waals surface area (Å²) in [6, 6.07) is 16.7. The molecule has 5 rings (SSSR count). The van der Waals surface area contributed by atoms with Gasteiger partial charge in [0.2, 0.25) is 11.8 Å². The number of nitrogens with zero attached hydrogens (tertiary/aromatic N) is 1. The first-order chi connectivity index (χ1) is 15.0. The topological polar surface area (TPSA) is 63.7 Å². The summed E-state index contributed by atoms with van der Waals surface area (Å²) < 4.78 is 5.06. The van der Waals surface area contributed by atoms with Gasteiger partial charge in [0.1, 0.15) is 0 Å². The van der Waals surface area contributed by atoms with Crippen molar-refractivity contribution in [2.75, 3.05) is 11.5 Å². The number of carbonyl (C=O) groups is 3. The summed E-state index contributed by atoms with van der Waals surface area (Å²) in [6.07, 6.45) is 4.16. The second-order valence-electron chi connectivity index (χ2n) is 8.22. The third-order valence-electron chi connectivity index (χ3n) is 6.67. The second kappa shape index (κ2) is 7.34. The third kappa shape index (κ3) is 2.87. The van der Waals surface area contributed by atoms with E-state index in [4.69, 9.17) is 4.74 Å². The van der Waals surface area contributed by atoms with Gasteiger partial charge in [-0.2, -0.15) is 0 Å². The average Bonchev–Trinajstić information content (AvgIpc) is 3.43. The first-order valence-electron chi connectivity index (χ1n) is 10.6. The molecule has 1 saturated carbocycles. The van der Waals surface area contributed by atoms with E-state index in [9.17, 15) is 14.4 Å². The molecule has 0 unspecified atom stereocenters. The van der Waals surface area contributed by atoms with Gasteiger partial charge in [-0.3, -0.25) is 9.59 Å². The highest BCUT2D eigenvalue weighted by Crippen LogP contribution is 2.58. The SMILES string of the molecule is CCOC(=O)c1cccc(N2C(=O)[C@H]3[C@H](C2=O)[C@H]2C=C[C@H]3C2=C(C)c2ccccc2)c1. The van der Waals surface area contributed by atoms with Gasteiger partial charge in [-0.05, 0) is 43.2 Å². The molecule has 2 fully saturated rings. The number of rotatable bonds is 4. The van der Waals surface area contributed by atoms with Crippen molar-refractivity contribution in [1.29, 1.82) is 0 Å². The first kappa shape index (κ1) is 19.5. The van der Waals surface area contributed by atoms with E-state index in [2.05, 4.69) is 31.2 Å². The maximum absolute atomic E-state index is 13.4. The van der Waals surface area contributed by atoms with Crippen molar-refractivity contribution in [3.05, 3.63) is 83.4 Å². The molecule has 1 saturated heterocycles. The molecule has 2 bridgehead atoms. The van der Waals surface area contributed by atoms with E-state index in [1.807, 2.05) is 18.2 Å². The Morgan fingerprint density at radius 3 is 2.13 bits per heavy atom. The summed E-state index contributed by atoms with van der Waals surface area (Å²) >= 11 is 0. The third-order valence-corrected chi connectivity index (χ3v) is 6.67. The Morgan fingerprint density at radius 2 is 1.52 bits per heavy atom. The normalized spacial score (nSPS) is 25.9. The van der Waals surface area contributed by atoms with E-state index in [1.54, 1.807) is 31.2 Å². The summed E-state index contributed by atoms with van der Waals surface area (Å²) in [7, 11) is 0. The number of benzene rings is 2. The summed E-state index contributed by atoms with van der Waals surface area (Å²) in [5, 5.41) is 0. The Labute approximate surface area is 181 Å². The lowest BCUT2D eigenvalue weighted by Gasteiger charge is -2.20. The van der Waals surface area contributed by atoms with Crippen LogP contribution in [0.15, 0.2) is 72.3 Å². The number of imide groups is 1. The minimum Gasteiger partial charge on any atom is -0.462 e. The van der Waals surface area contributed by atoms with Gasteiger partial charge < -0.3 is 4.74 Å². The van der Waals surface area contributed by atoms with Crippen LogP contribution < -0.4 is 4.90 Å². The molecule has 31 heavy (non-hydrogen) atoms. The van der Waals surface area contributed by atoms with Crippen molar-refractivity contribution < 1.29 is 19.1 Å². The number of carbonyl (C=O) groups excluding carboxylic acids is 3. The van der Waals surface area contributed by atoms with Crippen LogP contribution in [0.25, 0.3) is 5.57 Å². The minimum absolute atomic E-state index is 0.0649. The van der Waals surface area contributed by atoms with Crippen molar-refractivity contribution in [3.63, 3.8) is 0 Å². The number of amides is 2. The number of esters is 1. The van der Waals surface area contributed by atoms with Crippen molar-refractivity contribution in [3.8, 4) is 0 Å². The van der Waals surface area contributed by atoms with Gasteiger partial charge in [-0.25, -0.2) is 9.69 Å². The number of fused-ring (bicyclic) bond motifs is 5. The Hall–Kier alpha value is -3.47. The number of ether oxygens (including phenoxy) is 1. The van der Waals surface area contributed by atoms with Gasteiger partial charge in [0, 0.05) is 11.8 Å². The van der Waals surface area contributed by atoms with Gasteiger partial charge in [0.25, 0.3) is 0 Å². The molecular formula is C26H23NO4. The zero-order chi connectivity index (χ0) is 21.7. The molecule has 0 radical (unpaired) electrons. The smallest absolute Gasteiger partial charge is 0.338 e. The predicted octanol–water partition coefficient (Wildman–Crippen LogP) is 4.26. The minimum atomic E-state index is -0.464. The van der Waals surface area contributed by atoms with Crippen LogP contribution in [0.1, 0.15) is 29.8 Å². The number of anilines is 1.